The lowest BCUT2D eigenvalue weighted by Crippen LogP contribution is -2.16. The number of carbonyl (C=O) groups is 1. The van der Waals surface area contributed by atoms with Crippen molar-refractivity contribution in [2.75, 3.05) is 0 Å². The van der Waals surface area contributed by atoms with Crippen LogP contribution in [0.3, 0.4) is 0 Å². The van der Waals surface area contributed by atoms with Gasteiger partial charge in [-0.05, 0) is 12.0 Å². The van der Waals surface area contributed by atoms with Crippen molar-refractivity contribution in [3.8, 4) is 0 Å². The summed E-state index contributed by atoms with van der Waals surface area (Å²) in [7, 11) is 0. The Labute approximate surface area is 78.5 Å². The Bertz CT molecular complexity index is 267. The average Bonchev–Trinajstić information content (AvgIpc) is 1.96. The van der Waals surface area contributed by atoms with E-state index in [9.17, 15) is 9.90 Å². The maximum atomic E-state index is 10.5. The molecule has 2 unspecified atom stereocenters. The highest BCUT2D eigenvalue weighted by Crippen LogP contribution is 2.26. The van der Waals surface area contributed by atoms with E-state index in [0.717, 1.165) is 0 Å². The molecule has 66 valence electrons. The zero-order valence-electron chi connectivity index (χ0n) is 6.49. The fraction of sp³-hybridized carbons (Fsp3) is 0.375. The first-order valence-electron chi connectivity index (χ1n) is 3.52. The number of aliphatic carboxylic acids is 1. The van der Waals surface area contributed by atoms with Crippen LogP contribution in [0, 0.1) is 5.92 Å². The van der Waals surface area contributed by atoms with Crippen molar-refractivity contribution in [1.29, 1.82) is 0 Å². The number of rotatable bonds is 1. The number of allylic oxidation sites excluding steroid dienone is 2. The van der Waals surface area contributed by atoms with E-state index < -0.39 is 5.97 Å². The van der Waals surface area contributed by atoms with Gasteiger partial charge in [-0.2, -0.15) is 0 Å². The number of aliphatic hydroxyl groups is 1. The smallest absolute Gasteiger partial charge is 0.339 e. The highest BCUT2D eigenvalue weighted by molar-refractivity contribution is 9.09. The Hall–Kier alpha value is -0.770. The van der Waals surface area contributed by atoms with Crippen molar-refractivity contribution in [1.82, 2.24) is 0 Å². The molecule has 0 aromatic carbocycles. The molecule has 0 saturated carbocycles. The molecule has 1 aliphatic carbocycles. The fourth-order valence-electron chi connectivity index (χ4n) is 1.01. The van der Waals surface area contributed by atoms with E-state index in [2.05, 4.69) is 15.9 Å². The SMILES string of the molecule is CC1C=C(C(=O)O)C(O)=CC1Br. The molecule has 0 aliphatic heterocycles. The molecule has 2 atom stereocenters. The van der Waals surface area contributed by atoms with Gasteiger partial charge in [0.05, 0.1) is 5.57 Å². The number of hydrogen-bond donors (Lipinski definition) is 2. The first-order valence-corrected chi connectivity index (χ1v) is 4.44. The van der Waals surface area contributed by atoms with Crippen molar-refractivity contribution in [3.05, 3.63) is 23.5 Å². The van der Waals surface area contributed by atoms with E-state index >= 15 is 0 Å². The van der Waals surface area contributed by atoms with E-state index in [0.29, 0.717) is 0 Å². The maximum Gasteiger partial charge on any atom is 0.339 e. The molecule has 0 spiro atoms. The van der Waals surface area contributed by atoms with Crippen molar-refractivity contribution in [2.45, 2.75) is 11.8 Å². The van der Waals surface area contributed by atoms with Gasteiger partial charge in [-0.15, -0.1) is 0 Å². The van der Waals surface area contributed by atoms with Crippen LogP contribution < -0.4 is 0 Å². The van der Waals surface area contributed by atoms with Crippen LogP contribution in [0.1, 0.15) is 6.92 Å². The Morgan fingerprint density at radius 1 is 1.58 bits per heavy atom. The summed E-state index contributed by atoms with van der Waals surface area (Å²) in [6, 6.07) is 0. The van der Waals surface area contributed by atoms with Crippen LogP contribution in [0.5, 0.6) is 0 Å². The van der Waals surface area contributed by atoms with Gasteiger partial charge in [0, 0.05) is 4.83 Å². The summed E-state index contributed by atoms with van der Waals surface area (Å²) >= 11 is 3.30. The molecule has 1 rings (SSSR count). The average molecular weight is 233 g/mol. The second-order valence-corrected chi connectivity index (χ2v) is 3.80. The van der Waals surface area contributed by atoms with Gasteiger partial charge >= 0.3 is 5.97 Å². The summed E-state index contributed by atoms with van der Waals surface area (Å²) in [6.07, 6.45) is 3.03. The number of carboxylic acids is 1. The van der Waals surface area contributed by atoms with Crippen LogP contribution in [0.2, 0.25) is 0 Å². The lowest BCUT2D eigenvalue weighted by atomic mass is 9.96. The molecular weight excluding hydrogens is 224 g/mol. The summed E-state index contributed by atoms with van der Waals surface area (Å²) in [4.78, 5) is 10.5. The standard InChI is InChI=1S/C8H9BrO3/c1-4-2-5(8(11)12)7(10)3-6(4)9/h2-4,6,10H,1H3,(H,11,12). The first-order chi connectivity index (χ1) is 5.52. The van der Waals surface area contributed by atoms with Crippen molar-refractivity contribution >= 4 is 21.9 Å². The number of carboxylic acid groups (broad SMARTS) is 1. The zero-order valence-corrected chi connectivity index (χ0v) is 8.08. The second kappa shape index (κ2) is 3.31. The Morgan fingerprint density at radius 3 is 2.67 bits per heavy atom. The zero-order chi connectivity index (χ0) is 9.30. The van der Waals surface area contributed by atoms with E-state index in [1.807, 2.05) is 6.92 Å². The Kier molecular flexibility index (Phi) is 2.57. The summed E-state index contributed by atoms with van der Waals surface area (Å²) in [5, 5.41) is 17.8. The molecule has 0 fully saturated rings. The molecule has 0 radical (unpaired) electrons. The highest BCUT2D eigenvalue weighted by atomic mass is 79.9. The minimum Gasteiger partial charge on any atom is -0.507 e. The largest absolute Gasteiger partial charge is 0.507 e. The minimum atomic E-state index is -1.09. The van der Waals surface area contributed by atoms with E-state index in [4.69, 9.17) is 5.11 Å². The molecule has 1 aliphatic rings. The highest BCUT2D eigenvalue weighted by Gasteiger charge is 2.22. The van der Waals surface area contributed by atoms with Crippen LogP contribution in [0.15, 0.2) is 23.5 Å². The molecule has 3 nitrogen and oxygen atoms in total. The van der Waals surface area contributed by atoms with Crippen LogP contribution >= 0.6 is 15.9 Å². The van der Waals surface area contributed by atoms with E-state index in [1.54, 1.807) is 0 Å². The summed E-state index contributed by atoms with van der Waals surface area (Å²) in [5.74, 6) is -1.16. The first kappa shape index (κ1) is 9.32. The molecular formula is C8H9BrO3. The van der Waals surface area contributed by atoms with E-state index in [-0.39, 0.29) is 22.1 Å². The van der Waals surface area contributed by atoms with Gasteiger partial charge in [0.25, 0.3) is 0 Å². The van der Waals surface area contributed by atoms with Crippen molar-refractivity contribution in [3.63, 3.8) is 0 Å². The summed E-state index contributed by atoms with van der Waals surface area (Å²) < 4.78 is 0. The lowest BCUT2D eigenvalue weighted by molar-refractivity contribution is -0.132. The predicted octanol–water partition coefficient (Wildman–Crippen LogP) is 1.85. The number of halogens is 1. The topological polar surface area (TPSA) is 57.5 Å². The maximum absolute atomic E-state index is 10.5. The number of alkyl halides is 1. The van der Waals surface area contributed by atoms with Crippen LogP contribution in [-0.2, 0) is 4.79 Å². The van der Waals surface area contributed by atoms with Gasteiger partial charge in [-0.25, -0.2) is 4.79 Å². The fourth-order valence-corrected chi connectivity index (χ4v) is 1.42. The molecule has 2 N–H and O–H groups in total. The van der Waals surface area contributed by atoms with Crippen LogP contribution in [0.25, 0.3) is 0 Å². The third-order valence-corrected chi connectivity index (χ3v) is 2.85. The van der Waals surface area contributed by atoms with Gasteiger partial charge in [-0.3, -0.25) is 0 Å². The second-order valence-electron chi connectivity index (χ2n) is 2.74. The quantitative estimate of drug-likeness (QED) is 0.679. The minimum absolute atomic E-state index is 0.0144. The normalized spacial score (nSPS) is 29.2. The van der Waals surface area contributed by atoms with Gasteiger partial charge in [0.1, 0.15) is 5.76 Å². The van der Waals surface area contributed by atoms with Gasteiger partial charge in [0.15, 0.2) is 0 Å². The molecule has 0 heterocycles. The van der Waals surface area contributed by atoms with Crippen LogP contribution in [0.4, 0.5) is 0 Å². The van der Waals surface area contributed by atoms with E-state index in [1.165, 1.54) is 12.2 Å². The molecule has 4 heteroatoms. The third kappa shape index (κ3) is 1.69. The Morgan fingerprint density at radius 2 is 2.17 bits per heavy atom. The van der Waals surface area contributed by atoms with Gasteiger partial charge in [0.2, 0.25) is 0 Å². The summed E-state index contributed by atoms with van der Waals surface area (Å²) in [5.41, 5.74) is -0.0156. The third-order valence-electron chi connectivity index (χ3n) is 1.76. The van der Waals surface area contributed by atoms with Crippen molar-refractivity contribution in [2.24, 2.45) is 5.92 Å². The van der Waals surface area contributed by atoms with Crippen molar-refractivity contribution < 1.29 is 15.0 Å². The molecule has 0 amide bonds. The molecule has 0 aromatic rings. The monoisotopic (exact) mass is 232 g/mol. The molecule has 0 bridgehead atoms. The summed E-state index contributed by atoms with van der Waals surface area (Å²) in [6.45, 7) is 1.88. The molecule has 0 aromatic heterocycles. The molecule has 0 saturated heterocycles. The number of aliphatic hydroxyl groups excluding tert-OH is 1. The van der Waals surface area contributed by atoms with Crippen LogP contribution in [-0.4, -0.2) is 21.0 Å². The van der Waals surface area contributed by atoms with Gasteiger partial charge in [-0.1, -0.05) is 28.9 Å². The van der Waals surface area contributed by atoms with Gasteiger partial charge < -0.3 is 10.2 Å². The number of hydrogen-bond acceptors (Lipinski definition) is 2. The Balaban J connectivity index is 2.96. The predicted molar refractivity (Wildman–Crippen MR) is 48.3 cm³/mol. The molecule has 12 heavy (non-hydrogen) atoms. The lowest BCUT2D eigenvalue weighted by Gasteiger charge is -2.17.